The molecule has 0 saturated carbocycles. The second-order valence-electron chi connectivity index (χ2n) is 8.78. The molecule has 6 nitrogen and oxygen atoms in total. The average molecular weight is 422 g/mol. The Balaban J connectivity index is 1.90. The lowest BCUT2D eigenvalue weighted by Gasteiger charge is -2.34. The molecule has 0 aromatic heterocycles. The predicted molar refractivity (Wildman–Crippen MR) is 117 cm³/mol. The number of hydrogen-bond donors (Lipinski definition) is 3. The first-order valence-corrected chi connectivity index (χ1v) is 10.2. The molecule has 0 spiro atoms. The number of rotatable bonds is 3. The number of carbonyl (C=O) groups excluding carboxylic acids is 1. The van der Waals surface area contributed by atoms with Crippen molar-refractivity contribution in [2.24, 2.45) is 0 Å². The maximum absolute atomic E-state index is 13.1. The van der Waals surface area contributed by atoms with Gasteiger partial charge in [-0.05, 0) is 64.0 Å². The van der Waals surface area contributed by atoms with Crippen LogP contribution in [0.1, 0.15) is 67.3 Å². The molecule has 0 fully saturated rings. The van der Waals surface area contributed by atoms with Crippen molar-refractivity contribution in [1.82, 2.24) is 0 Å². The van der Waals surface area contributed by atoms with E-state index in [-0.39, 0.29) is 35.0 Å². The van der Waals surface area contributed by atoms with E-state index >= 15 is 0 Å². The maximum atomic E-state index is 13.1. The van der Waals surface area contributed by atoms with E-state index < -0.39 is 11.7 Å². The fourth-order valence-electron chi connectivity index (χ4n) is 3.88. The van der Waals surface area contributed by atoms with Crippen LogP contribution in [0.2, 0.25) is 0 Å². The van der Waals surface area contributed by atoms with E-state index in [0.29, 0.717) is 34.6 Å². The molecule has 162 valence electrons. The van der Waals surface area contributed by atoms with Crippen molar-refractivity contribution in [1.29, 1.82) is 0 Å². The third kappa shape index (κ3) is 3.74. The second kappa shape index (κ2) is 7.38. The number of phenolic OH excluding ortho intramolecular Hbond substituents is 3. The van der Waals surface area contributed by atoms with Crippen LogP contribution in [-0.2, 0) is 6.42 Å². The Hall–Kier alpha value is -3.41. The Morgan fingerprint density at radius 3 is 2.58 bits per heavy atom. The summed E-state index contributed by atoms with van der Waals surface area (Å²) in [5.74, 6) is -0.125. The van der Waals surface area contributed by atoms with Crippen LogP contribution in [0.4, 0.5) is 0 Å². The zero-order valence-electron chi connectivity index (χ0n) is 18.0. The van der Waals surface area contributed by atoms with Gasteiger partial charge in [0.25, 0.3) is 0 Å². The molecule has 2 heterocycles. The number of phenols is 3. The molecule has 0 saturated heterocycles. The van der Waals surface area contributed by atoms with Crippen molar-refractivity contribution in [2.45, 2.75) is 52.2 Å². The lowest BCUT2D eigenvalue weighted by atomic mass is 9.88. The van der Waals surface area contributed by atoms with Gasteiger partial charge in [-0.3, -0.25) is 4.79 Å². The number of benzene rings is 2. The van der Waals surface area contributed by atoms with E-state index in [1.54, 1.807) is 12.1 Å². The van der Waals surface area contributed by atoms with E-state index in [0.717, 1.165) is 5.57 Å². The van der Waals surface area contributed by atoms with Crippen molar-refractivity contribution in [2.75, 3.05) is 0 Å². The van der Waals surface area contributed by atoms with Crippen LogP contribution < -0.4 is 9.47 Å². The molecule has 0 amide bonds. The fourth-order valence-corrected chi connectivity index (χ4v) is 3.88. The van der Waals surface area contributed by atoms with Gasteiger partial charge in [-0.2, -0.15) is 0 Å². The zero-order chi connectivity index (χ0) is 22.5. The van der Waals surface area contributed by atoms with Gasteiger partial charge in [0.2, 0.25) is 0 Å². The number of aromatic hydroxyl groups is 3. The quantitative estimate of drug-likeness (QED) is 0.465. The highest BCUT2D eigenvalue weighted by Crippen LogP contribution is 2.51. The highest BCUT2D eigenvalue weighted by molar-refractivity contribution is 6.05. The number of allylic oxidation sites excluding steroid dienone is 2. The highest BCUT2D eigenvalue weighted by atomic mass is 16.5. The van der Waals surface area contributed by atoms with Gasteiger partial charge in [-0.15, -0.1) is 0 Å². The molecular formula is C25H26O6. The van der Waals surface area contributed by atoms with Crippen molar-refractivity contribution in [3.05, 3.63) is 58.2 Å². The van der Waals surface area contributed by atoms with E-state index in [1.165, 1.54) is 12.1 Å². The Bertz CT molecular complexity index is 1140. The monoisotopic (exact) mass is 422 g/mol. The van der Waals surface area contributed by atoms with Crippen molar-refractivity contribution in [3.63, 3.8) is 0 Å². The van der Waals surface area contributed by atoms with Gasteiger partial charge < -0.3 is 24.8 Å². The standard InChI is InChI=1S/C25H26O6/c1-13(2)5-7-16-23-15(9-10-25(3,4)31-23)22(29)21-19(28)12-20(30-24(16)21)14-6-8-17(26)18(27)11-14/h5-6,8-11,20,26-27,29H,7,12H2,1-4H3. The highest BCUT2D eigenvalue weighted by Gasteiger charge is 2.38. The summed E-state index contributed by atoms with van der Waals surface area (Å²) >= 11 is 0. The van der Waals surface area contributed by atoms with Crippen LogP contribution >= 0.6 is 0 Å². The molecule has 4 rings (SSSR count). The molecule has 2 aliphatic heterocycles. The molecule has 3 N–H and O–H groups in total. The second-order valence-corrected chi connectivity index (χ2v) is 8.78. The van der Waals surface area contributed by atoms with E-state index in [9.17, 15) is 20.1 Å². The summed E-state index contributed by atoms with van der Waals surface area (Å²) in [6.07, 6.45) is 5.47. The Morgan fingerprint density at radius 1 is 1.16 bits per heavy atom. The summed E-state index contributed by atoms with van der Waals surface area (Å²) in [5.41, 5.74) is 2.41. The van der Waals surface area contributed by atoms with E-state index in [4.69, 9.17) is 9.47 Å². The normalized spacial score (nSPS) is 18.5. The van der Waals surface area contributed by atoms with Crippen molar-refractivity contribution >= 4 is 11.9 Å². The fraction of sp³-hybridized carbons (Fsp3) is 0.320. The third-order valence-electron chi connectivity index (χ3n) is 5.52. The topological polar surface area (TPSA) is 96.2 Å². The number of hydrogen-bond acceptors (Lipinski definition) is 6. The lowest BCUT2D eigenvalue weighted by Crippen LogP contribution is -2.29. The Kier molecular flexibility index (Phi) is 4.96. The molecule has 2 aromatic rings. The van der Waals surface area contributed by atoms with Gasteiger partial charge in [0, 0.05) is 5.56 Å². The van der Waals surface area contributed by atoms with Gasteiger partial charge in [0.15, 0.2) is 17.3 Å². The van der Waals surface area contributed by atoms with E-state index in [2.05, 4.69) is 0 Å². The molecule has 2 aliphatic rings. The van der Waals surface area contributed by atoms with Gasteiger partial charge >= 0.3 is 0 Å². The number of fused-ring (bicyclic) bond motifs is 2. The van der Waals surface area contributed by atoms with Crippen LogP contribution in [0.25, 0.3) is 6.08 Å². The Labute approximate surface area is 181 Å². The largest absolute Gasteiger partial charge is 0.506 e. The molecule has 0 radical (unpaired) electrons. The first kappa shape index (κ1) is 20.8. The van der Waals surface area contributed by atoms with Gasteiger partial charge in [-0.1, -0.05) is 17.7 Å². The molecule has 1 unspecified atom stereocenters. The number of carbonyl (C=O) groups is 1. The van der Waals surface area contributed by atoms with Crippen LogP contribution in [-0.4, -0.2) is 26.7 Å². The molecule has 6 heteroatoms. The van der Waals surface area contributed by atoms with Gasteiger partial charge in [0.05, 0.1) is 12.0 Å². The summed E-state index contributed by atoms with van der Waals surface area (Å²) in [6, 6.07) is 4.35. The van der Waals surface area contributed by atoms with Gasteiger partial charge in [-0.25, -0.2) is 0 Å². The minimum Gasteiger partial charge on any atom is -0.506 e. The van der Waals surface area contributed by atoms with E-state index in [1.807, 2.05) is 39.8 Å². The minimum absolute atomic E-state index is 0.00170. The van der Waals surface area contributed by atoms with Crippen LogP contribution in [0, 0.1) is 0 Å². The van der Waals surface area contributed by atoms with Gasteiger partial charge in [0.1, 0.15) is 34.5 Å². The summed E-state index contributed by atoms with van der Waals surface area (Å²) in [7, 11) is 0. The summed E-state index contributed by atoms with van der Waals surface area (Å²) in [4.78, 5) is 13.1. The number of ketones is 1. The SMILES string of the molecule is CC(C)=CCc1c2c(c(O)c3c1OC(c1ccc(O)c(O)c1)CC3=O)C=CC(C)(C)O2. The minimum atomic E-state index is -0.665. The Morgan fingerprint density at radius 2 is 1.90 bits per heavy atom. The molecule has 0 bridgehead atoms. The average Bonchev–Trinajstić information content (AvgIpc) is 2.68. The molecule has 0 aliphatic carbocycles. The van der Waals surface area contributed by atoms with Crippen molar-refractivity contribution in [3.8, 4) is 28.7 Å². The molecule has 1 atom stereocenters. The zero-order valence-corrected chi connectivity index (χ0v) is 18.0. The first-order chi connectivity index (χ1) is 14.6. The van der Waals surface area contributed by atoms with Crippen LogP contribution in [0.5, 0.6) is 28.7 Å². The smallest absolute Gasteiger partial charge is 0.174 e. The number of Topliss-reactive ketones (excluding diaryl/α,β-unsaturated/α-hetero) is 1. The summed E-state index contributed by atoms with van der Waals surface area (Å²) < 4.78 is 12.5. The first-order valence-electron chi connectivity index (χ1n) is 10.2. The van der Waals surface area contributed by atoms with Crippen LogP contribution in [0.15, 0.2) is 35.9 Å². The van der Waals surface area contributed by atoms with Crippen LogP contribution in [0.3, 0.4) is 0 Å². The molecular weight excluding hydrogens is 396 g/mol. The molecule has 2 aromatic carbocycles. The number of ether oxygens (including phenoxy) is 2. The van der Waals surface area contributed by atoms with Crippen molar-refractivity contribution < 1.29 is 29.6 Å². The third-order valence-corrected chi connectivity index (χ3v) is 5.52. The summed E-state index contributed by atoms with van der Waals surface area (Å²) in [5, 5.41) is 30.4. The molecule has 31 heavy (non-hydrogen) atoms. The lowest BCUT2D eigenvalue weighted by molar-refractivity contribution is 0.0839. The maximum Gasteiger partial charge on any atom is 0.174 e. The predicted octanol–water partition coefficient (Wildman–Crippen LogP) is 5.20. The summed E-state index contributed by atoms with van der Waals surface area (Å²) in [6.45, 7) is 7.80.